The van der Waals surface area contributed by atoms with Gasteiger partial charge in [-0.15, -0.1) is 12.4 Å². The van der Waals surface area contributed by atoms with Gasteiger partial charge >= 0.3 is 5.97 Å². The fraction of sp³-hybridized carbons (Fsp3) is 0.407. The summed E-state index contributed by atoms with van der Waals surface area (Å²) < 4.78 is 5.78. The van der Waals surface area contributed by atoms with Crippen LogP contribution in [0, 0.1) is 26.7 Å². The van der Waals surface area contributed by atoms with Gasteiger partial charge in [-0.25, -0.2) is 4.79 Å². The van der Waals surface area contributed by atoms with Crippen molar-refractivity contribution in [3.05, 3.63) is 136 Å². The molecule has 0 unspecified atom stereocenters. The van der Waals surface area contributed by atoms with Crippen molar-refractivity contribution in [2.24, 2.45) is 5.92 Å². The second kappa shape index (κ2) is 31.4. The molecular weight excluding hydrogens is 946 g/mol. The van der Waals surface area contributed by atoms with Gasteiger partial charge in [-0.05, 0) is 139 Å². The van der Waals surface area contributed by atoms with E-state index in [2.05, 4.69) is 15.0 Å². The average Bonchev–Trinajstić information content (AvgIpc) is 3.39. The number of aromatic nitrogens is 3. The van der Waals surface area contributed by atoms with E-state index >= 15 is 0 Å². The normalized spacial score (nSPS) is 16.1. The molecular formula is C54H68ClN5O12. The molecule has 5 aromatic rings. The number of aldehydes is 2. The van der Waals surface area contributed by atoms with Crippen molar-refractivity contribution in [2.45, 2.75) is 103 Å². The molecule has 3 fully saturated rings. The minimum absolute atomic E-state index is 0. The number of carbonyl (C=O) groups excluding carboxylic acids is 4. The zero-order chi connectivity index (χ0) is 51.7. The van der Waals surface area contributed by atoms with E-state index in [1.165, 1.54) is 68.6 Å². The van der Waals surface area contributed by atoms with Crippen LogP contribution in [0.3, 0.4) is 0 Å². The van der Waals surface area contributed by atoms with Crippen molar-refractivity contribution < 1.29 is 59.3 Å². The topological polar surface area (TPSA) is 261 Å². The number of phenolic OH excluding ortho intramolecular Hbond substituents is 3. The van der Waals surface area contributed by atoms with E-state index in [1.807, 2.05) is 37.8 Å². The highest BCUT2D eigenvalue weighted by Crippen LogP contribution is 2.28. The first kappa shape index (κ1) is 59.4. The first-order valence-electron chi connectivity index (χ1n) is 23.9. The number of ether oxygens (including phenoxy) is 1. The molecule has 1 saturated carbocycles. The summed E-state index contributed by atoms with van der Waals surface area (Å²) >= 11 is 0. The Hall–Kier alpha value is -6.95. The number of piperidine rings is 2. The maximum Gasteiger partial charge on any atom is 0.337 e. The number of phenols is 3. The molecule has 2 aromatic carbocycles. The lowest BCUT2D eigenvalue weighted by Gasteiger charge is -2.35. The summed E-state index contributed by atoms with van der Waals surface area (Å²) in [5, 5.41) is 54.0. The SMILES string of the molecule is Cc1ccc(C(=O)N2CCCC[C@H]2CO)cn1.Cc1ccc(C(=O)N2CCCC[C@H]2COc2cccc(O)c2C=O)cn1.Cc1ccc(C(=O)O)cn1.Cl.O=Cc1c(O)cccc1O.OCC1CCCCC1. The molecule has 72 heavy (non-hydrogen) atoms. The van der Waals surface area contributed by atoms with Gasteiger partial charge in [0.2, 0.25) is 0 Å². The number of likely N-dealkylation sites (tertiary alicyclic amines) is 2. The molecule has 3 aliphatic rings. The molecule has 0 spiro atoms. The van der Waals surface area contributed by atoms with Crippen LogP contribution in [0.15, 0.2) is 91.4 Å². The van der Waals surface area contributed by atoms with Crippen molar-refractivity contribution in [2.75, 3.05) is 32.9 Å². The van der Waals surface area contributed by atoms with E-state index in [-0.39, 0.29) is 83.5 Å². The van der Waals surface area contributed by atoms with Gasteiger partial charge in [0.15, 0.2) is 12.6 Å². The molecule has 8 rings (SSSR count). The van der Waals surface area contributed by atoms with Crippen LogP contribution in [-0.2, 0) is 0 Å². The van der Waals surface area contributed by atoms with Gasteiger partial charge in [0.1, 0.15) is 29.6 Å². The van der Waals surface area contributed by atoms with E-state index < -0.39 is 5.97 Å². The number of hydrogen-bond acceptors (Lipinski definition) is 14. The first-order valence-corrected chi connectivity index (χ1v) is 23.9. The third-order valence-electron chi connectivity index (χ3n) is 12.2. The monoisotopic (exact) mass is 1010 g/mol. The van der Waals surface area contributed by atoms with Gasteiger partial charge in [0, 0.05) is 55.4 Å². The maximum absolute atomic E-state index is 12.8. The molecule has 0 radical (unpaired) electrons. The smallest absolute Gasteiger partial charge is 0.337 e. The van der Waals surface area contributed by atoms with Crippen LogP contribution in [0.1, 0.15) is 140 Å². The van der Waals surface area contributed by atoms with Crippen LogP contribution < -0.4 is 4.74 Å². The molecule has 388 valence electrons. The summed E-state index contributed by atoms with van der Waals surface area (Å²) in [5.41, 5.74) is 4.05. The van der Waals surface area contributed by atoms with Crippen molar-refractivity contribution in [3.63, 3.8) is 0 Å². The molecule has 5 heterocycles. The Labute approximate surface area is 427 Å². The third kappa shape index (κ3) is 18.7. The number of halogens is 1. The predicted molar refractivity (Wildman–Crippen MR) is 273 cm³/mol. The summed E-state index contributed by atoms with van der Waals surface area (Å²) in [4.78, 5) is 72.4. The Morgan fingerprint density at radius 2 is 1.00 bits per heavy atom. The molecule has 17 nitrogen and oxygen atoms in total. The van der Waals surface area contributed by atoms with E-state index in [0.717, 1.165) is 62.2 Å². The Kier molecular flexibility index (Phi) is 25.9. The molecule has 1 aliphatic carbocycles. The number of rotatable bonds is 10. The van der Waals surface area contributed by atoms with E-state index in [9.17, 15) is 34.2 Å². The van der Waals surface area contributed by atoms with E-state index in [0.29, 0.717) is 48.5 Å². The molecule has 18 heteroatoms. The van der Waals surface area contributed by atoms with Crippen LogP contribution in [0.4, 0.5) is 0 Å². The molecule has 2 aliphatic heterocycles. The fourth-order valence-corrected chi connectivity index (χ4v) is 8.01. The number of nitrogens with zero attached hydrogens (tertiary/aromatic N) is 5. The number of amides is 2. The highest BCUT2D eigenvalue weighted by Gasteiger charge is 2.29. The lowest BCUT2D eigenvalue weighted by molar-refractivity contribution is 0.0501. The van der Waals surface area contributed by atoms with E-state index in [1.54, 1.807) is 47.6 Å². The summed E-state index contributed by atoms with van der Waals surface area (Å²) in [6, 6.07) is 19.2. The first-order chi connectivity index (χ1) is 34.2. The minimum atomic E-state index is -0.937. The number of aromatic carboxylic acids is 1. The third-order valence-corrected chi connectivity index (χ3v) is 12.2. The molecule has 2 atom stereocenters. The second-order valence-corrected chi connectivity index (χ2v) is 17.5. The lowest BCUT2D eigenvalue weighted by Crippen LogP contribution is -2.46. The molecule has 0 bridgehead atoms. The number of aliphatic hydroxyl groups is 2. The number of pyridine rings is 3. The number of aryl methyl sites for hydroxylation is 3. The highest BCUT2D eigenvalue weighted by atomic mass is 35.5. The Morgan fingerprint density at radius 3 is 1.40 bits per heavy atom. The van der Waals surface area contributed by atoms with Crippen LogP contribution >= 0.6 is 12.4 Å². The number of hydrogen-bond donors (Lipinski definition) is 6. The number of carboxylic acids is 1. The average molecular weight is 1010 g/mol. The quantitative estimate of drug-likeness (QED) is 0.0719. The summed E-state index contributed by atoms with van der Waals surface area (Å²) in [7, 11) is 0. The van der Waals surface area contributed by atoms with Gasteiger partial charge < -0.3 is 45.2 Å². The van der Waals surface area contributed by atoms with Gasteiger partial charge in [-0.3, -0.25) is 34.1 Å². The number of carboxylic acid groups (broad SMARTS) is 1. The number of benzene rings is 2. The second-order valence-electron chi connectivity index (χ2n) is 17.5. The Balaban J connectivity index is 0.000000256. The van der Waals surface area contributed by atoms with Crippen LogP contribution in [0.2, 0.25) is 0 Å². The summed E-state index contributed by atoms with van der Waals surface area (Å²) in [6.45, 7) is 7.72. The van der Waals surface area contributed by atoms with Gasteiger partial charge in [0.25, 0.3) is 11.8 Å². The minimum Gasteiger partial charge on any atom is -0.507 e. The van der Waals surface area contributed by atoms with Crippen molar-refractivity contribution >= 4 is 42.8 Å². The molecule has 2 amide bonds. The molecule has 2 saturated heterocycles. The van der Waals surface area contributed by atoms with Crippen molar-refractivity contribution in [3.8, 4) is 23.0 Å². The Morgan fingerprint density at radius 1 is 0.569 bits per heavy atom. The van der Waals surface area contributed by atoms with Crippen LogP contribution in [-0.4, -0.2) is 131 Å². The van der Waals surface area contributed by atoms with Gasteiger partial charge in [-0.2, -0.15) is 0 Å². The van der Waals surface area contributed by atoms with Crippen LogP contribution in [0.25, 0.3) is 0 Å². The number of aliphatic hydroxyl groups excluding tert-OH is 2. The lowest BCUT2D eigenvalue weighted by atomic mass is 9.90. The van der Waals surface area contributed by atoms with E-state index in [4.69, 9.17) is 25.2 Å². The number of carbonyl (C=O) groups is 5. The van der Waals surface area contributed by atoms with Crippen molar-refractivity contribution in [1.82, 2.24) is 24.8 Å². The number of aromatic hydroxyl groups is 3. The summed E-state index contributed by atoms with van der Waals surface area (Å²) in [6.07, 6.45) is 17.9. The van der Waals surface area contributed by atoms with Gasteiger partial charge in [0.05, 0.1) is 46.5 Å². The largest absolute Gasteiger partial charge is 0.507 e. The maximum atomic E-state index is 12.8. The predicted octanol–water partition coefficient (Wildman–Crippen LogP) is 8.34. The Bertz CT molecular complexity index is 2430. The van der Waals surface area contributed by atoms with Crippen LogP contribution in [0.5, 0.6) is 23.0 Å². The van der Waals surface area contributed by atoms with Crippen molar-refractivity contribution in [1.29, 1.82) is 0 Å². The zero-order valence-electron chi connectivity index (χ0n) is 41.1. The molecule has 6 N–H and O–H groups in total. The highest BCUT2D eigenvalue weighted by molar-refractivity contribution is 5.95. The zero-order valence-corrected chi connectivity index (χ0v) is 42.0. The fourth-order valence-electron chi connectivity index (χ4n) is 8.01. The standard InChI is InChI=1S/C20H22N2O4.C13H18N2O2.C7H7NO2.C7H6O3.C7H14O.ClH/c1-14-8-9-15(11-21-14)20(25)22-10-3-2-5-16(22)13-26-19-7-4-6-18(24)17(19)12-23;1-10-5-6-11(8-14-10)13(17)15-7-3-2-4-12(15)9-16;1-5-2-3-6(4-8-5)7(9)10;8-4-5-6(9)2-1-3-7(5)10;8-6-7-4-2-1-3-5-7;/h4,6-9,11-12,16,24H,2-3,5,10,13H2,1H3;5-6,8,12,16H,2-4,7,9H2,1H3;2-4H,1H3,(H,9,10);1-4,9-10H;7-8H,1-6H2;1H/t16-;12-;;;;/m00..../s1. The molecule has 3 aromatic heterocycles. The van der Waals surface area contributed by atoms with Gasteiger partial charge in [-0.1, -0.05) is 31.4 Å². The summed E-state index contributed by atoms with van der Waals surface area (Å²) in [5.74, 6) is -0.551.